The molecule has 27 heavy (non-hydrogen) atoms. The number of carbonyl (C=O) groups is 1. The Morgan fingerprint density at radius 2 is 1.70 bits per heavy atom. The number of aromatic nitrogens is 2. The molecule has 0 saturated carbocycles. The Hall–Kier alpha value is -3.36. The van der Waals surface area contributed by atoms with Crippen LogP contribution in [0.2, 0.25) is 0 Å². The largest absolute Gasteiger partial charge is 0.497 e. The second-order valence-corrected chi connectivity index (χ2v) is 5.53. The van der Waals surface area contributed by atoms with Crippen molar-refractivity contribution in [3.05, 3.63) is 77.0 Å². The van der Waals surface area contributed by atoms with Gasteiger partial charge >= 0.3 is 0 Å². The van der Waals surface area contributed by atoms with E-state index in [4.69, 9.17) is 4.74 Å². The van der Waals surface area contributed by atoms with Gasteiger partial charge in [0.2, 0.25) is 0 Å². The predicted octanol–water partition coefficient (Wildman–Crippen LogP) is 3.75. The number of carbonyl (C=O) groups excluding carboxylic acids is 1. The first-order chi connectivity index (χ1) is 12.9. The molecule has 3 rings (SSSR count). The number of ether oxygens (including phenoxy) is 1. The molecule has 1 N–H and O–H groups in total. The number of rotatable bonds is 5. The molecule has 0 aliphatic heterocycles. The van der Waals surface area contributed by atoms with Crippen LogP contribution in [0.25, 0.3) is 0 Å². The first-order valence-corrected chi connectivity index (χ1v) is 7.69. The zero-order valence-electron chi connectivity index (χ0n) is 14.0. The van der Waals surface area contributed by atoms with Gasteiger partial charge in [0.1, 0.15) is 5.75 Å². The Kier molecular flexibility index (Phi) is 5.11. The highest BCUT2D eigenvalue weighted by Crippen LogP contribution is 2.20. The Morgan fingerprint density at radius 1 is 1.07 bits per heavy atom. The number of halogens is 4. The fourth-order valence-electron chi connectivity index (χ4n) is 2.37. The second kappa shape index (κ2) is 7.48. The summed E-state index contributed by atoms with van der Waals surface area (Å²) < 4.78 is 60.0. The van der Waals surface area contributed by atoms with E-state index in [0.717, 1.165) is 4.68 Å². The number of nitrogens with zero attached hydrogens (tertiary/aromatic N) is 2. The third-order valence-corrected chi connectivity index (χ3v) is 3.76. The SMILES string of the molecule is COc1ccc(C(=O)Nc2ccn(Cc3c(F)c(F)cc(F)c3F)n2)cc1. The Labute approximate surface area is 151 Å². The maximum atomic E-state index is 13.7. The summed E-state index contributed by atoms with van der Waals surface area (Å²) in [5.41, 5.74) is -0.460. The maximum absolute atomic E-state index is 13.7. The molecular formula is C18H13F4N3O2. The van der Waals surface area contributed by atoms with E-state index < -0.39 is 41.3 Å². The van der Waals surface area contributed by atoms with Crippen LogP contribution in [0.1, 0.15) is 15.9 Å². The molecule has 0 aliphatic rings. The van der Waals surface area contributed by atoms with E-state index >= 15 is 0 Å². The molecule has 2 aromatic carbocycles. The van der Waals surface area contributed by atoms with Crippen molar-refractivity contribution >= 4 is 11.7 Å². The van der Waals surface area contributed by atoms with Crippen LogP contribution in [0.15, 0.2) is 42.6 Å². The van der Waals surface area contributed by atoms with Gasteiger partial charge in [-0.15, -0.1) is 0 Å². The standard InChI is InChI=1S/C18H13F4N3O2/c1-27-11-4-2-10(3-5-11)18(26)23-15-6-7-25(24-15)9-12-16(21)13(19)8-14(20)17(12)22/h2-8H,9H2,1H3,(H,23,24,26). The lowest BCUT2D eigenvalue weighted by atomic mass is 10.2. The van der Waals surface area contributed by atoms with Crippen LogP contribution in [0.3, 0.4) is 0 Å². The van der Waals surface area contributed by atoms with Crippen molar-refractivity contribution in [3.8, 4) is 5.75 Å². The summed E-state index contributed by atoms with van der Waals surface area (Å²) in [6.07, 6.45) is 1.31. The quantitative estimate of drug-likeness (QED) is 0.543. The number of nitrogens with one attached hydrogen (secondary N) is 1. The van der Waals surface area contributed by atoms with Gasteiger partial charge < -0.3 is 10.1 Å². The van der Waals surface area contributed by atoms with E-state index in [1.807, 2.05) is 0 Å². The summed E-state index contributed by atoms with van der Waals surface area (Å²) in [6, 6.07) is 7.83. The molecule has 140 valence electrons. The van der Waals surface area contributed by atoms with Crippen LogP contribution in [0.5, 0.6) is 5.75 Å². The van der Waals surface area contributed by atoms with E-state index in [0.29, 0.717) is 11.3 Å². The molecule has 0 atom stereocenters. The summed E-state index contributed by atoms with van der Waals surface area (Å²) >= 11 is 0. The van der Waals surface area contributed by atoms with Crippen molar-refractivity contribution in [3.63, 3.8) is 0 Å². The number of amides is 1. The molecule has 1 heterocycles. The molecule has 5 nitrogen and oxygen atoms in total. The van der Waals surface area contributed by atoms with Crippen LogP contribution >= 0.6 is 0 Å². The minimum atomic E-state index is -1.50. The molecule has 0 aliphatic carbocycles. The van der Waals surface area contributed by atoms with Crippen molar-refractivity contribution in [2.75, 3.05) is 12.4 Å². The van der Waals surface area contributed by atoms with E-state index in [-0.39, 0.29) is 11.9 Å². The van der Waals surface area contributed by atoms with E-state index in [2.05, 4.69) is 10.4 Å². The summed E-state index contributed by atoms with van der Waals surface area (Å²) in [6.45, 7) is -0.551. The van der Waals surface area contributed by atoms with E-state index in [1.54, 1.807) is 24.3 Å². The highest BCUT2D eigenvalue weighted by atomic mass is 19.2. The van der Waals surface area contributed by atoms with Gasteiger partial charge in [-0.3, -0.25) is 9.48 Å². The van der Waals surface area contributed by atoms with Crippen molar-refractivity contribution in [2.45, 2.75) is 6.54 Å². The number of hydrogen-bond acceptors (Lipinski definition) is 3. The van der Waals surface area contributed by atoms with Gasteiger partial charge in [-0.2, -0.15) is 5.10 Å². The highest BCUT2D eigenvalue weighted by molar-refractivity contribution is 6.03. The van der Waals surface area contributed by atoms with Crippen LogP contribution in [-0.4, -0.2) is 22.8 Å². The molecule has 0 fully saturated rings. The molecule has 1 aromatic heterocycles. The molecule has 0 radical (unpaired) electrons. The molecule has 0 bridgehead atoms. The van der Waals surface area contributed by atoms with E-state index in [9.17, 15) is 22.4 Å². The number of anilines is 1. The van der Waals surface area contributed by atoms with Crippen LogP contribution in [-0.2, 0) is 6.54 Å². The van der Waals surface area contributed by atoms with Gasteiger partial charge in [-0.1, -0.05) is 0 Å². The topological polar surface area (TPSA) is 56.1 Å². The Balaban J connectivity index is 1.74. The first kappa shape index (κ1) is 18.4. The smallest absolute Gasteiger partial charge is 0.256 e. The minimum Gasteiger partial charge on any atom is -0.497 e. The van der Waals surface area contributed by atoms with Gasteiger partial charge in [0.15, 0.2) is 29.1 Å². The normalized spacial score (nSPS) is 10.7. The van der Waals surface area contributed by atoms with Crippen molar-refractivity contribution in [2.24, 2.45) is 0 Å². The molecule has 9 heteroatoms. The fourth-order valence-corrected chi connectivity index (χ4v) is 2.37. The number of hydrogen-bond donors (Lipinski definition) is 1. The molecule has 0 saturated heterocycles. The second-order valence-electron chi connectivity index (χ2n) is 5.53. The third-order valence-electron chi connectivity index (χ3n) is 3.76. The Morgan fingerprint density at radius 3 is 2.30 bits per heavy atom. The van der Waals surface area contributed by atoms with Crippen molar-refractivity contribution in [1.82, 2.24) is 9.78 Å². The number of benzene rings is 2. The predicted molar refractivity (Wildman–Crippen MR) is 88.6 cm³/mol. The average molecular weight is 379 g/mol. The fraction of sp³-hybridized carbons (Fsp3) is 0.111. The minimum absolute atomic E-state index is 0.105. The van der Waals surface area contributed by atoms with Gasteiger partial charge in [-0.05, 0) is 24.3 Å². The molecule has 0 unspecified atom stereocenters. The lowest BCUT2D eigenvalue weighted by Gasteiger charge is -2.07. The van der Waals surface area contributed by atoms with Crippen LogP contribution in [0, 0.1) is 23.3 Å². The third kappa shape index (κ3) is 3.91. The van der Waals surface area contributed by atoms with Crippen LogP contribution < -0.4 is 10.1 Å². The molecular weight excluding hydrogens is 366 g/mol. The summed E-state index contributed by atoms with van der Waals surface area (Å²) in [5.74, 6) is -5.75. The Bertz CT molecular complexity index is 961. The van der Waals surface area contributed by atoms with Crippen molar-refractivity contribution in [1.29, 1.82) is 0 Å². The summed E-state index contributed by atoms with van der Waals surface area (Å²) in [5, 5.41) is 6.43. The summed E-state index contributed by atoms with van der Waals surface area (Å²) in [7, 11) is 1.50. The zero-order chi connectivity index (χ0) is 19.6. The molecule has 3 aromatic rings. The van der Waals surface area contributed by atoms with Crippen molar-refractivity contribution < 1.29 is 27.1 Å². The van der Waals surface area contributed by atoms with Crippen LogP contribution in [0.4, 0.5) is 23.4 Å². The lowest BCUT2D eigenvalue weighted by Crippen LogP contribution is -2.13. The highest BCUT2D eigenvalue weighted by Gasteiger charge is 2.19. The molecule has 1 amide bonds. The first-order valence-electron chi connectivity index (χ1n) is 7.69. The molecule has 0 spiro atoms. The van der Waals surface area contributed by atoms with Gasteiger partial charge in [-0.25, -0.2) is 17.6 Å². The van der Waals surface area contributed by atoms with E-state index in [1.165, 1.54) is 19.4 Å². The monoisotopic (exact) mass is 379 g/mol. The number of methoxy groups -OCH3 is 1. The zero-order valence-corrected chi connectivity index (χ0v) is 14.0. The van der Waals surface area contributed by atoms with Gasteiger partial charge in [0, 0.05) is 23.9 Å². The summed E-state index contributed by atoms with van der Waals surface area (Å²) in [4.78, 5) is 12.2. The van der Waals surface area contributed by atoms with Gasteiger partial charge in [0.05, 0.1) is 19.2 Å². The average Bonchev–Trinajstić information content (AvgIpc) is 3.10. The van der Waals surface area contributed by atoms with Gasteiger partial charge in [0.25, 0.3) is 5.91 Å². The lowest BCUT2D eigenvalue weighted by molar-refractivity contribution is 0.102. The maximum Gasteiger partial charge on any atom is 0.256 e.